The molecule has 0 bridgehead atoms. The average molecular weight is 323 g/mol. The highest BCUT2D eigenvalue weighted by Crippen LogP contribution is 2.40. The molecule has 1 aromatic rings. The Labute approximate surface area is 118 Å². The number of nitrogens with one attached hydrogen (secondary N) is 1. The predicted octanol–water partition coefficient (Wildman–Crippen LogP) is 1.34. The molecular formula is C13H11BrN2O3. The lowest BCUT2D eigenvalue weighted by Crippen LogP contribution is -2.52. The molecule has 2 unspecified atom stereocenters. The molecule has 5 nitrogen and oxygen atoms in total. The maximum absolute atomic E-state index is 12.4. The summed E-state index contributed by atoms with van der Waals surface area (Å²) in [5.74, 6) is -0.856. The van der Waals surface area contributed by atoms with E-state index in [2.05, 4.69) is 21.2 Å². The summed E-state index contributed by atoms with van der Waals surface area (Å²) in [7, 11) is 0. The zero-order valence-electron chi connectivity index (χ0n) is 9.93. The molecule has 6 heteroatoms. The standard InChI is InChI=1S/C13H11BrN2O3/c14-11-7-3-1-2-4-8(7)13(19)16(11)9-5-6-10(17)15-12(9)18/h1-4,9,11H,5-6H2,(H,15,17,18). The van der Waals surface area contributed by atoms with Gasteiger partial charge in [-0.3, -0.25) is 19.7 Å². The van der Waals surface area contributed by atoms with Gasteiger partial charge < -0.3 is 4.90 Å². The molecule has 0 aliphatic carbocycles. The summed E-state index contributed by atoms with van der Waals surface area (Å²) in [5, 5.41) is 2.28. The summed E-state index contributed by atoms with van der Waals surface area (Å²) in [4.78, 5) is 36.6. The zero-order chi connectivity index (χ0) is 13.6. The Hall–Kier alpha value is -1.69. The lowest BCUT2D eigenvalue weighted by Gasteiger charge is -2.32. The van der Waals surface area contributed by atoms with E-state index in [4.69, 9.17) is 0 Å². The van der Waals surface area contributed by atoms with Crippen molar-refractivity contribution in [1.29, 1.82) is 0 Å². The van der Waals surface area contributed by atoms with Crippen molar-refractivity contribution in [2.24, 2.45) is 0 Å². The molecule has 0 aromatic heterocycles. The van der Waals surface area contributed by atoms with Crippen LogP contribution in [0.4, 0.5) is 0 Å². The van der Waals surface area contributed by atoms with Crippen LogP contribution in [0.5, 0.6) is 0 Å². The third kappa shape index (κ3) is 1.87. The summed E-state index contributed by atoms with van der Waals surface area (Å²) in [5.41, 5.74) is 1.46. The van der Waals surface area contributed by atoms with Crippen LogP contribution >= 0.6 is 15.9 Å². The van der Waals surface area contributed by atoms with Crippen LogP contribution in [-0.4, -0.2) is 28.7 Å². The molecule has 2 aliphatic rings. The van der Waals surface area contributed by atoms with Crippen molar-refractivity contribution in [2.45, 2.75) is 23.8 Å². The van der Waals surface area contributed by atoms with E-state index in [-0.39, 0.29) is 23.2 Å². The Bertz CT molecular complexity index is 587. The van der Waals surface area contributed by atoms with E-state index in [9.17, 15) is 14.4 Å². The van der Waals surface area contributed by atoms with E-state index in [0.29, 0.717) is 12.0 Å². The minimum atomic E-state index is -0.595. The second-order valence-electron chi connectivity index (χ2n) is 4.60. The van der Waals surface area contributed by atoms with Crippen molar-refractivity contribution in [2.75, 3.05) is 0 Å². The Morgan fingerprint density at radius 1 is 1.21 bits per heavy atom. The maximum atomic E-state index is 12.4. The topological polar surface area (TPSA) is 66.5 Å². The molecule has 2 atom stereocenters. The number of carbonyl (C=O) groups is 3. The Morgan fingerprint density at radius 3 is 2.63 bits per heavy atom. The fourth-order valence-electron chi connectivity index (χ4n) is 2.54. The molecule has 1 N–H and O–H groups in total. The van der Waals surface area contributed by atoms with Crippen molar-refractivity contribution < 1.29 is 14.4 Å². The number of hydrogen-bond donors (Lipinski definition) is 1. The number of alkyl halides is 1. The van der Waals surface area contributed by atoms with Crippen molar-refractivity contribution in [3.8, 4) is 0 Å². The fourth-order valence-corrected chi connectivity index (χ4v) is 3.41. The predicted molar refractivity (Wildman–Crippen MR) is 70.5 cm³/mol. The minimum absolute atomic E-state index is 0.174. The van der Waals surface area contributed by atoms with Gasteiger partial charge in [0.05, 0.1) is 0 Å². The summed E-state index contributed by atoms with van der Waals surface area (Å²) in [6.07, 6.45) is 0.628. The van der Waals surface area contributed by atoms with Crippen LogP contribution in [0.3, 0.4) is 0 Å². The summed E-state index contributed by atoms with van der Waals surface area (Å²) in [6, 6.07) is 6.66. The van der Waals surface area contributed by atoms with E-state index in [1.165, 1.54) is 4.90 Å². The van der Waals surface area contributed by atoms with Crippen LogP contribution in [0.25, 0.3) is 0 Å². The maximum Gasteiger partial charge on any atom is 0.256 e. The highest BCUT2D eigenvalue weighted by atomic mass is 79.9. The van der Waals surface area contributed by atoms with Crippen molar-refractivity contribution in [3.05, 3.63) is 35.4 Å². The van der Waals surface area contributed by atoms with Gasteiger partial charge in [0.25, 0.3) is 5.91 Å². The van der Waals surface area contributed by atoms with Crippen LogP contribution in [0.2, 0.25) is 0 Å². The Morgan fingerprint density at radius 2 is 1.95 bits per heavy atom. The highest BCUT2D eigenvalue weighted by molar-refractivity contribution is 9.09. The van der Waals surface area contributed by atoms with Gasteiger partial charge in [-0.25, -0.2) is 0 Å². The summed E-state index contributed by atoms with van der Waals surface area (Å²) in [6.45, 7) is 0. The third-order valence-corrected chi connectivity index (χ3v) is 4.41. The molecule has 0 radical (unpaired) electrons. The average Bonchev–Trinajstić information content (AvgIpc) is 2.64. The lowest BCUT2D eigenvalue weighted by atomic mass is 10.0. The second kappa shape index (κ2) is 4.45. The largest absolute Gasteiger partial charge is 0.310 e. The van der Waals surface area contributed by atoms with E-state index < -0.39 is 11.9 Å². The number of nitrogens with zero attached hydrogens (tertiary/aromatic N) is 1. The molecule has 3 rings (SSSR count). The van der Waals surface area contributed by atoms with Crippen LogP contribution in [0.15, 0.2) is 24.3 Å². The third-order valence-electron chi connectivity index (χ3n) is 3.47. The number of benzene rings is 1. The van der Waals surface area contributed by atoms with Gasteiger partial charge in [0.15, 0.2) is 0 Å². The van der Waals surface area contributed by atoms with Gasteiger partial charge in [0.2, 0.25) is 11.8 Å². The van der Waals surface area contributed by atoms with Gasteiger partial charge in [-0.1, -0.05) is 34.1 Å². The van der Waals surface area contributed by atoms with E-state index >= 15 is 0 Å². The van der Waals surface area contributed by atoms with Gasteiger partial charge in [-0.2, -0.15) is 0 Å². The van der Waals surface area contributed by atoms with E-state index in [1.807, 2.05) is 12.1 Å². The van der Waals surface area contributed by atoms with E-state index in [1.54, 1.807) is 12.1 Å². The number of halogens is 1. The second-order valence-corrected chi connectivity index (χ2v) is 5.47. The van der Waals surface area contributed by atoms with Gasteiger partial charge >= 0.3 is 0 Å². The van der Waals surface area contributed by atoms with E-state index in [0.717, 1.165) is 5.56 Å². The highest BCUT2D eigenvalue weighted by Gasteiger charge is 2.43. The molecule has 2 aliphatic heterocycles. The number of hydrogen-bond acceptors (Lipinski definition) is 3. The lowest BCUT2D eigenvalue weighted by molar-refractivity contribution is -0.136. The van der Waals surface area contributed by atoms with Gasteiger partial charge in [-0.05, 0) is 18.1 Å². The van der Waals surface area contributed by atoms with Crippen LogP contribution in [0, 0.1) is 0 Å². The minimum Gasteiger partial charge on any atom is -0.310 e. The quantitative estimate of drug-likeness (QED) is 0.482. The Balaban J connectivity index is 1.94. The van der Waals surface area contributed by atoms with Crippen molar-refractivity contribution >= 4 is 33.7 Å². The smallest absolute Gasteiger partial charge is 0.256 e. The first-order chi connectivity index (χ1) is 9.09. The number of rotatable bonds is 1. The van der Waals surface area contributed by atoms with Crippen LogP contribution in [0.1, 0.15) is 33.7 Å². The molecule has 0 spiro atoms. The zero-order valence-corrected chi connectivity index (χ0v) is 11.5. The first-order valence-electron chi connectivity index (χ1n) is 5.99. The Kier molecular flexibility index (Phi) is 2.89. The molecule has 3 amide bonds. The fraction of sp³-hybridized carbons (Fsp3) is 0.308. The first-order valence-corrected chi connectivity index (χ1v) is 6.90. The van der Waals surface area contributed by atoms with Crippen molar-refractivity contribution in [1.82, 2.24) is 10.2 Å². The number of amides is 3. The molecule has 0 saturated carbocycles. The van der Waals surface area contributed by atoms with Crippen LogP contribution < -0.4 is 5.32 Å². The molecule has 2 heterocycles. The molecule has 98 valence electrons. The van der Waals surface area contributed by atoms with Crippen LogP contribution in [-0.2, 0) is 9.59 Å². The molecular weight excluding hydrogens is 312 g/mol. The van der Waals surface area contributed by atoms with Gasteiger partial charge in [0, 0.05) is 12.0 Å². The molecule has 1 fully saturated rings. The van der Waals surface area contributed by atoms with Gasteiger partial charge in [-0.15, -0.1) is 0 Å². The van der Waals surface area contributed by atoms with Crippen molar-refractivity contribution in [3.63, 3.8) is 0 Å². The molecule has 19 heavy (non-hydrogen) atoms. The number of carbonyl (C=O) groups excluding carboxylic acids is 3. The summed E-state index contributed by atoms with van der Waals surface area (Å²) < 4.78 is 0. The number of piperidine rings is 1. The number of imide groups is 1. The first kappa shape index (κ1) is 12.3. The monoisotopic (exact) mass is 322 g/mol. The molecule has 1 aromatic carbocycles. The number of fused-ring (bicyclic) bond motifs is 1. The molecule has 1 saturated heterocycles. The summed E-state index contributed by atoms with van der Waals surface area (Å²) >= 11 is 3.46. The SMILES string of the molecule is O=C1CCC(N2C(=O)c3ccccc3C2Br)C(=O)N1. The normalized spacial score (nSPS) is 26.4. The van der Waals surface area contributed by atoms with Gasteiger partial charge in [0.1, 0.15) is 11.0 Å².